The van der Waals surface area contributed by atoms with E-state index < -0.39 is 5.97 Å². The number of carboxylic acids is 1. The number of rotatable bonds is 18. The van der Waals surface area contributed by atoms with Crippen LogP contribution in [-0.4, -0.2) is 11.1 Å². The van der Waals surface area contributed by atoms with Crippen LogP contribution in [-0.2, 0) is 4.79 Å². The fourth-order valence-corrected chi connectivity index (χ4v) is 3.23. The number of hydrogen-bond acceptors (Lipinski definition) is 1. The average Bonchev–Trinajstić information content (AvgIpc) is 2.55. The van der Waals surface area contributed by atoms with Gasteiger partial charge in [-0.2, -0.15) is 0 Å². The molecule has 0 amide bonds. The highest BCUT2D eigenvalue weighted by atomic mass is 16.4. The van der Waals surface area contributed by atoms with Crippen molar-refractivity contribution in [1.82, 2.24) is 0 Å². The molecule has 0 saturated heterocycles. The molecule has 1 N–H and O–H groups in total. The van der Waals surface area contributed by atoms with E-state index in [0.29, 0.717) is 12.3 Å². The molecule has 0 saturated carbocycles. The van der Waals surface area contributed by atoms with E-state index in [9.17, 15) is 4.79 Å². The SMILES string of the molecule is C=CC=CCCCCCCCCCC(CCCCCC)CC(=O)O. The predicted octanol–water partition coefficient (Wildman–Crippen LogP) is 7.30. The van der Waals surface area contributed by atoms with Gasteiger partial charge in [-0.05, 0) is 31.6 Å². The molecule has 0 aliphatic rings. The van der Waals surface area contributed by atoms with Crippen LogP contribution < -0.4 is 0 Å². The van der Waals surface area contributed by atoms with Crippen LogP contribution in [0.2, 0.25) is 0 Å². The number of hydrogen-bond donors (Lipinski definition) is 1. The largest absolute Gasteiger partial charge is 0.481 e. The molecular weight excluding hydrogens is 296 g/mol. The Kier molecular flexibility index (Phi) is 17.5. The monoisotopic (exact) mass is 336 g/mol. The first-order chi connectivity index (χ1) is 11.7. The molecule has 2 heteroatoms. The fraction of sp³-hybridized carbons (Fsp3) is 0.773. The summed E-state index contributed by atoms with van der Waals surface area (Å²) in [5.41, 5.74) is 0. The number of allylic oxidation sites excluding steroid dienone is 3. The summed E-state index contributed by atoms with van der Waals surface area (Å²) in [6, 6.07) is 0. The van der Waals surface area contributed by atoms with Gasteiger partial charge in [0.15, 0.2) is 0 Å². The minimum absolute atomic E-state index is 0.365. The average molecular weight is 337 g/mol. The summed E-state index contributed by atoms with van der Waals surface area (Å²) < 4.78 is 0. The lowest BCUT2D eigenvalue weighted by molar-refractivity contribution is -0.138. The highest BCUT2D eigenvalue weighted by Gasteiger charge is 2.12. The summed E-state index contributed by atoms with van der Waals surface area (Å²) in [5, 5.41) is 9.05. The van der Waals surface area contributed by atoms with Crippen LogP contribution in [0.15, 0.2) is 24.8 Å². The van der Waals surface area contributed by atoms with Crippen LogP contribution >= 0.6 is 0 Å². The fourth-order valence-electron chi connectivity index (χ4n) is 3.23. The molecule has 2 nitrogen and oxygen atoms in total. The van der Waals surface area contributed by atoms with Gasteiger partial charge in [0.1, 0.15) is 0 Å². The standard InChI is InChI=1S/C22H40O2/c1-3-5-7-9-10-11-12-13-14-15-17-19-21(20-22(23)24)18-16-8-6-4-2/h3,5,7,21H,1,4,6,8-20H2,2H3,(H,23,24). The van der Waals surface area contributed by atoms with E-state index in [1.54, 1.807) is 0 Å². The minimum atomic E-state index is -0.624. The third-order valence-electron chi connectivity index (χ3n) is 4.68. The lowest BCUT2D eigenvalue weighted by atomic mass is 9.91. The van der Waals surface area contributed by atoms with Gasteiger partial charge in [0.25, 0.3) is 0 Å². The lowest BCUT2D eigenvalue weighted by Crippen LogP contribution is -2.08. The molecule has 140 valence electrons. The number of unbranched alkanes of at least 4 members (excludes halogenated alkanes) is 10. The summed E-state index contributed by atoms with van der Waals surface area (Å²) in [4.78, 5) is 11.0. The number of carbonyl (C=O) groups is 1. The first-order valence-electron chi connectivity index (χ1n) is 10.2. The van der Waals surface area contributed by atoms with Gasteiger partial charge < -0.3 is 5.11 Å². The second kappa shape index (κ2) is 18.3. The zero-order valence-corrected chi connectivity index (χ0v) is 16.0. The van der Waals surface area contributed by atoms with Crippen LogP contribution in [0.4, 0.5) is 0 Å². The van der Waals surface area contributed by atoms with Crippen molar-refractivity contribution < 1.29 is 9.90 Å². The van der Waals surface area contributed by atoms with Crippen molar-refractivity contribution in [1.29, 1.82) is 0 Å². The molecule has 0 fully saturated rings. The third kappa shape index (κ3) is 17.3. The van der Waals surface area contributed by atoms with Crippen LogP contribution in [0.5, 0.6) is 0 Å². The molecule has 0 radical (unpaired) electrons. The second-order valence-electron chi connectivity index (χ2n) is 7.03. The Labute approximate surface area is 150 Å². The van der Waals surface area contributed by atoms with Gasteiger partial charge in [-0.15, -0.1) is 0 Å². The molecule has 0 aliphatic heterocycles. The third-order valence-corrected chi connectivity index (χ3v) is 4.68. The van der Waals surface area contributed by atoms with E-state index >= 15 is 0 Å². The molecule has 24 heavy (non-hydrogen) atoms. The molecule has 0 aromatic rings. The Morgan fingerprint density at radius 1 is 0.917 bits per heavy atom. The van der Waals surface area contributed by atoms with Crippen LogP contribution in [0.25, 0.3) is 0 Å². The molecule has 0 spiro atoms. The molecule has 1 atom stereocenters. The second-order valence-corrected chi connectivity index (χ2v) is 7.03. The van der Waals surface area contributed by atoms with Gasteiger partial charge in [-0.1, -0.05) is 95.9 Å². The number of carboxylic acid groups (broad SMARTS) is 1. The van der Waals surface area contributed by atoms with Crippen LogP contribution in [0.1, 0.15) is 103 Å². The Morgan fingerprint density at radius 3 is 2.00 bits per heavy atom. The van der Waals surface area contributed by atoms with E-state index in [-0.39, 0.29) is 0 Å². The Balaban J connectivity index is 3.55. The Bertz CT molecular complexity index is 320. The summed E-state index contributed by atoms with van der Waals surface area (Å²) in [6.45, 7) is 5.88. The van der Waals surface area contributed by atoms with Gasteiger partial charge >= 0.3 is 5.97 Å². The molecule has 0 rings (SSSR count). The predicted molar refractivity (Wildman–Crippen MR) is 105 cm³/mol. The Morgan fingerprint density at radius 2 is 1.46 bits per heavy atom. The van der Waals surface area contributed by atoms with Gasteiger partial charge in [0.2, 0.25) is 0 Å². The first-order valence-corrected chi connectivity index (χ1v) is 10.2. The molecular formula is C22H40O2. The number of aliphatic carboxylic acids is 1. The summed E-state index contributed by atoms with van der Waals surface area (Å²) in [5.74, 6) is -0.225. The summed E-state index contributed by atoms with van der Waals surface area (Å²) in [7, 11) is 0. The minimum Gasteiger partial charge on any atom is -0.481 e. The van der Waals surface area contributed by atoms with E-state index in [0.717, 1.165) is 12.8 Å². The first kappa shape index (κ1) is 22.9. The van der Waals surface area contributed by atoms with Crippen molar-refractivity contribution in [3.8, 4) is 0 Å². The summed E-state index contributed by atoms with van der Waals surface area (Å²) in [6.07, 6.45) is 23.8. The molecule has 1 unspecified atom stereocenters. The summed E-state index contributed by atoms with van der Waals surface area (Å²) >= 11 is 0. The normalized spacial score (nSPS) is 12.5. The quantitative estimate of drug-likeness (QED) is 0.210. The van der Waals surface area contributed by atoms with E-state index in [4.69, 9.17) is 5.11 Å². The molecule has 0 aliphatic carbocycles. The maximum Gasteiger partial charge on any atom is 0.303 e. The highest BCUT2D eigenvalue weighted by molar-refractivity contribution is 5.66. The zero-order chi connectivity index (χ0) is 17.9. The highest BCUT2D eigenvalue weighted by Crippen LogP contribution is 2.22. The maximum atomic E-state index is 11.0. The maximum absolute atomic E-state index is 11.0. The lowest BCUT2D eigenvalue weighted by Gasteiger charge is -2.14. The zero-order valence-electron chi connectivity index (χ0n) is 16.0. The molecule has 0 aromatic carbocycles. The van der Waals surface area contributed by atoms with Gasteiger partial charge in [0.05, 0.1) is 0 Å². The van der Waals surface area contributed by atoms with Crippen molar-refractivity contribution >= 4 is 5.97 Å². The van der Waals surface area contributed by atoms with E-state index in [1.165, 1.54) is 77.0 Å². The topological polar surface area (TPSA) is 37.3 Å². The van der Waals surface area contributed by atoms with Crippen LogP contribution in [0, 0.1) is 5.92 Å². The smallest absolute Gasteiger partial charge is 0.303 e. The van der Waals surface area contributed by atoms with Crippen molar-refractivity contribution in [2.45, 2.75) is 103 Å². The van der Waals surface area contributed by atoms with Gasteiger partial charge in [0, 0.05) is 6.42 Å². The van der Waals surface area contributed by atoms with Crippen molar-refractivity contribution in [3.05, 3.63) is 24.8 Å². The molecule has 0 bridgehead atoms. The molecule has 0 heterocycles. The van der Waals surface area contributed by atoms with E-state index in [1.807, 2.05) is 12.2 Å². The molecule has 0 aromatic heterocycles. The van der Waals surface area contributed by atoms with Gasteiger partial charge in [-0.3, -0.25) is 4.79 Å². The van der Waals surface area contributed by atoms with E-state index in [2.05, 4.69) is 19.6 Å². The van der Waals surface area contributed by atoms with Crippen molar-refractivity contribution in [2.75, 3.05) is 0 Å². The van der Waals surface area contributed by atoms with Crippen molar-refractivity contribution in [3.63, 3.8) is 0 Å². The van der Waals surface area contributed by atoms with Crippen molar-refractivity contribution in [2.24, 2.45) is 5.92 Å². The Hall–Kier alpha value is -1.05. The van der Waals surface area contributed by atoms with Gasteiger partial charge in [-0.25, -0.2) is 0 Å². The van der Waals surface area contributed by atoms with Crippen LogP contribution in [0.3, 0.4) is 0 Å².